The third-order valence-corrected chi connectivity index (χ3v) is 3.92. The Kier molecular flexibility index (Phi) is 3.97. The molecule has 2 rings (SSSR count). The number of para-hydroxylation sites is 1. The van der Waals surface area contributed by atoms with Crippen molar-refractivity contribution in [1.29, 1.82) is 0 Å². The van der Waals surface area contributed by atoms with E-state index in [1.165, 1.54) is 6.07 Å². The minimum absolute atomic E-state index is 0.147. The van der Waals surface area contributed by atoms with Gasteiger partial charge in [0.05, 0.1) is 4.92 Å². The molecule has 0 aliphatic heterocycles. The number of benzene rings is 1. The molecule has 0 spiro atoms. The summed E-state index contributed by atoms with van der Waals surface area (Å²) in [6.07, 6.45) is 3.04. The fourth-order valence-corrected chi connectivity index (χ4v) is 3.49. The van der Waals surface area contributed by atoms with Gasteiger partial charge in [0.25, 0.3) is 0 Å². The molecule has 1 fully saturated rings. The lowest BCUT2D eigenvalue weighted by molar-refractivity contribution is -0.386. The Morgan fingerprint density at radius 1 is 1.40 bits per heavy atom. The molecule has 1 aromatic rings. The van der Waals surface area contributed by atoms with Gasteiger partial charge in [-0.1, -0.05) is 26.8 Å². The van der Waals surface area contributed by atoms with Crippen molar-refractivity contribution in [1.82, 2.24) is 0 Å². The number of nitro benzene ring substituents is 1. The molecule has 1 aliphatic rings. The highest BCUT2D eigenvalue weighted by Crippen LogP contribution is 2.40. The van der Waals surface area contributed by atoms with Crippen LogP contribution < -0.4 is 5.32 Å². The second kappa shape index (κ2) is 5.38. The van der Waals surface area contributed by atoms with Gasteiger partial charge in [0.1, 0.15) is 5.69 Å². The molecule has 0 heterocycles. The second-order valence-corrected chi connectivity index (χ2v) is 6.65. The van der Waals surface area contributed by atoms with E-state index in [4.69, 9.17) is 0 Å². The molecule has 0 bridgehead atoms. The van der Waals surface area contributed by atoms with E-state index in [9.17, 15) is 14.5 Å². The van der Waals surface area contributed by atoms with Crippen LogP contribution in [0, 0.1) is 27.3 Å². The molecule has 4 nitrogen and oxygen atoms in total. The van der Waals surface area contributed by atoms with Crippen molar-refractivity contribution in [3.05, 3.63) is 34.1 Å². The maximum atomic E-state index is 13.6. The van der Waals surface area contributed by atoms with Gasteiger partial charge in [0.15, 0.2) is 0 Å². The highest BCUT2D eigenvalue weighted by molar-refractivity contribution is 5.62. The van der Waals surface area contributed by atoms with Crippen LogP contribution in [-0.4, -0.2) is 11.0 Å². The normalized spacial score (nSPS) is 25.2. The quantitative estimate of drug-likeness (QED) is 0.661. The van der Waals surface area contributed by atoms with Crippen LogP contribution in [0.15, 0.2) is 18.2 Å². The van der Waals surface area contributed by atoms with Crippen molar-refractivity contribution in [2.45, 2.75) is 46.1 Å². The predicted molar refractivity (Wildman–Crippen MR) is 77.3 cm³/mol. The van der Waals surface area contributed by atoms with Crippen LogP contribution in [0.1, 0.15) is 40.0 Å². The zero-order chi connectivity index (χ0) is 14.9. The first kappa shape index (κ1) is 14.8. The van der Waals surface area contributed by atoms with E-state index >= 15 is 0 Å². The van der Waals surface area contributed by atoms with Crippen LogP contribution in [-0.2, 0) is 0 Å². The summed E-state index contributed by atoms with van der Waals surface area (Å²) in [5.74, 6) is -0.230. The number of halogens is 1. The van der Waals surface area contributed by atoms with Crippen molar-refractivity contribution in [2.75, 3.05) is 5.32 Å². The predicted octanol–water partition coefficient (Wildman–Crippen LogP) is 4.36. The second-order valence-electron chi connectivity index (χ2n) is 6.65. The molecule has 1 aliphatic carbocycles. The van der Waals surface area contributed by atoms with Crippen molar-refractivity contribution in [2.24, 2.45) is 11.3 Å². The molecule has 2 atom stereocenters. The molecule has 5 heteroatoms. The number of hydrogen-bond donors (Lipinski definition) is 1. The summed E-state index contributed by atoms with van der Waals surface area (Å²) < 4.78 is 13.6. The maximum absolute atomic E-state index is 13.6. The van der Waals surface area contributed by atoms with E-state index in [1.54, 1.807) is 6.07 Å². The average molecular weight is 280 g/mol. The highest BCUT2D eigenvalue weighted by Gasteiger charge is 2.33. The first-order chi connectivity index (χ1) is 9.28. The van der Waals surface area contributed by atoms with Gasteiger partial charge in [-0.25, -0.2) is 0 Å². The third-order valence-electron chi connectivity index (χ3n) is 3.92. The first-order valence-electron chi connectivity index (χ1n) is 6.98. The largest absolute Gasteiger partial charge is 0.377 e. The number of rotatable bonds is 3. The average Bonchev–Trinajstić information content (AvgIpc) is 2.25. The molecule has 0 amide bonds. The van der Waals surface area contributed by atoms with Crippen molar-refractivity contribution < 1.29 is 9.31 Å². The van der Waals surface area contributed by atoms with Crippen molar-refractivity contribution in [3.63, 3.8) is 0 Å². The molecule has 110 valence electrons. The van der Waals surface area contributed by atoms with Crippen LogP contribution >= 0.6 is 0 Å². The third kappa shape index (κ3) is 3.26. The topological polar surface area (TPSA) is 55.2 Å². The van der Waals surface area contributed by atoms with Gasteiger partial charge in [-0.15, -0.1) is 0 Å². The molecule has 20 heavy (non-hydrogen) atoms. The number of nitro groups is 1. The number of hydrogen-bond acceptors (Lipinski definition) is 3. The molecule has 0 radical (unpaired) electrons. The van der Waals surface area contributed by atoms with Crippen LogP contribution in [0.2, 0.25) is 0 Å². The lowest BCUT2D eigenvalue weighted by Gasteiger charge is -2.39. The number of nitrogens with zero attached hydrogens (tertiary/aromatic N) is 1. The van der Waals surface area contributed by atoms with Crippen LogP contribution in [0.3, 0.4) is 0 Å². The molecule has 1 saturated carbocycles. The van der Waals surface area contributed by atoms with E-state index in [2.05, 4.69) is 26.1 Å². The zero-order valence-corrected chi connectivity index (χ0v) is 12.1. The van der Waals surface area contributed by atoms with Gasteiger partial charge in [0.2, 0.25) is 5.82 Å². The highest BCUT2D eigenvalue weighted by atomic mass is 19.1. The van der Waals surface area contributed by atoms with Crippen molar-refractivity contribution in [3.8, 4) is 0 Å². The molecule has 0 unspecified atom stereocenters. The van der Waals surface area contributed by atoms with Gasteiger partial charge in [0, 0.05) is 6.04 Å². The fraction of sp³-hybridized carbons (Fsp3) is 0.600. The van der Waals surface area contributed by atoms with Gasteiger partial charge in [-0.2, -0.15) is 4.39 Å². The molecular weight excluding hydrogens is 259 g/mol. The summed E-state index contributed by atoms with van der Waals surface area (Å²) in [7, 11) is 0. The molecule has 0 aromatic heterocycles. The summed E-state index contributed by atoms with van der Waals surface area (Å²) in [6, 6.07) is 4.35. The monoisotopic (exact) mass is 280 g/mol. The Morgan fingerprint density at radius 3 is 2.70 bits per heavy atom. The summed E-state index contributed by atoms with van der Waals surface area (Å²) >= 11 is 0. The van der Waals surface area contributed by atoms with Gasteiger partial charge in [-0.3, -0.25) is 10.1 Å². The van der Waals surface area contributed by atoms with E-state index in [1.807, 2.05) is 0 Å². The standard InChI is InChI=1S/C15H21FN2O2/c1-10-7-11(9-15(2,3)8-10)17-13-6-4-5-12(16)14(13)18(19)20/h4-6,10-11,17H,7-9H2,1-3H3/t10-,11+/m0/s1. The lowest BCUT2D eigenvalue weighted by atomic mass is 9.70. The van der Waals surface area contributed by atoms with Gasteiger partial charge < -0.3 is 5.32 Å². The molecular formula is C15H21FN2O2. The maximum Gasteiger partial charge on any atom is 0.327 e. The lowest BCUT2D eigenvalue weighted by Crippen LogP contribution is -2.35. The smallest absolute Gasteiger partial charge is 0.327 e. The van der Waals surface area contributed by atoms with E-state index in [0.29, 0.717) is 5.92 Å². The van der Waals surface area contributed by atoms with Gasteiger partial charge in [-0.05, 0) is 42.7 Å². The fourth-order valence-electron chi connectivity index (χ4n) is 3.49. The summed E-state index contributed by atoms with van der Waals surface area (Å²) in [6.45, 7) is 6.60. The number of nitrogens with one attached hydrogen (secondary N) is 1. The molecule has 0 saturated heterocycles. The van der Waals surface area contributed by atoms with Crippen LogP contribution in [0.4, 0.5) is 15.8 Å². The minimum Gasteiger partial charge on any atom is -0.377 e. The Morgan fingerprint density at radius 2 is 2.10 bits per heavy atom. The van der Waals surface area contributed by atoms with E-state index in [0.717, 1.165) is 25.3 Å². The Labute approximate surface area is 118 Å². The summed E-state index contributed by atoms with van der Waals surface area (Å²) in [5, 5.41) is 14.2. The van der Waals surface area contributed by atoms with Gasteiger partial charge >= 0.3 is 5.69 Å². The first-order valence-corrected chi connectivity index (χ1v) is 6.98. The van der Waals surface area contributed by atoms with Crippen molar-refractivity contribution >= 4 is 11.4 Å². The van der Waals surface area contributed by atoms with Crippen LogP contribution in [0.5, 0.6) is 0 Å². The Balaban J connectivity index is 2.22. The molecule has 1 N–H and O–H groups in total. The summed E-state index contributed by atoms with van der Waals surface area (Å²) in [5.41, 5.74) is 0.0330. The zero-order valence-electron chi connectivity index (χ0n) is 12.1. The minimum atomic E-state index is -0.789. The summed E-state index contributed by atoms with van der Waals surface area (Å²) in [4.78, 5) is 10.3. The molecule has 1 aromatic carbocycles. The SMILES string of the molecule is C[C@H]1C[C@@H](Nc2cccc(F)c2[N+](=O)[O-])CC(C)(C)C1. The Hall–Kier alpha value is -1.65. The Bertz CT molecular complexity index is 517. The van der Waals surface area contributed by atoms with Crippen LogP contribution in [0.25, 0.3) is 0 Å². The van der Waals surface area contributed by atoms with E-state index in [-0.39, 0.29) is 17.1 Å². The van der Waals surface area contributed by atoms with E-state index < -0.39 is 16.4 Å². The number of anilines is 1.